The third-order valence-corrected chi connectivity index (χ3v) is 4.15. The first-order chi connectivity index (χ1) is 9.26. The van der Waals surface area contributed by atoms with E-state index in [1.165, 1.54) is 6.07 Å². The van der Waals surface area contributed by atoms with Gasteiger partial charge >= 0.3 is 6.18 Å². The fourth-order valence-electron chi connectivity index (χ4n) is 2.47. The van der Waals surface area contributed by atoms with Crippen LogP contribution in [0.15, 0.2) is 12.1 Å². The molecule has 0 amide bonds. The number of aromatic nitrogens is 1. The number of alkyl halides is 3. The highest BCUT2D eigenvalue weighted by atomic mass is 35.5. The van der Waals surface area contributed by atoms with Gasteiger partial charge in [-0.1, -0.05) is 17.7 Å². The van der Waals surface area contributed by atoms with Crippen LogP contribution < -0.4 is 0 Å². The lowest BCUT2D eigenvalue weighted by molar-refractivity contribution is -0.141. The fourth-order valence-corrected chi connectivity index (χ4v) is 2.69. The van der Waals surface area contributed by atoms with E-state index in [2.05, 4.69) is 4.98 Å². The van der Waals surface area contributed by atoms with Crippen LogP contribution in [0.2, 0.25) is 5.15 Å². The van der Waals surface area contributed by atoms with Crippen molar-refractivity contribution in [3.05, 3.63) is 28.5 Å². The summed E-state index contributed by atoms with van der Waals surface area (Å²) in [6, 6.07) is 2.29. The number of aliphatic hydroxyl groups excluding tert-OH is 1. The Morgan fingerprint density at radius 2 is 2.15 bits per heavy atom. The van der Waals surface area contributed by atoms with Crippen molar-refractivity contribution in [2.75, 3.05) is 13.2 Å². The highest BCUT2D eigenvalue weighted by Crippen LogP contribution is 2.33. The molecular weight excluding hydrogens is 293 g/mol. The summed E-state index contributed by atoms with van der Waals surface area (Å²) in [5.74, 6) is 0. The van der Waals surface area contributed by atoms with Crippen molar-refractivity contribution < 1.29 is 18.3 Å². The molecule has 1 aliphatic rings. The van der Waals surface area contributed by atoms with Crippen LogP contribution in [0.1, 0.15) is 31.0 Å². The summed E-state index contributed by atoms with van der Waals surface area (Å²) in [5, 5.41) is 9.32. The second kappa shape index (κ2) is 5.50. The van der Waals surface area contributed by atoms with Crippen molar-refractivity contribution >= 4 is 11.6 Å². The van der Waals surface area contributed by atoms with Crippen LogP contribution in [0.5, 0.6) is 0 Å². The monoisotopic (exact) mass is 308 g/mol. The van der Waals surface area contributed by atoms with E-state index >= 15 is 0 Å². The predicted octanol–water partition coefficient (Wildman–Crippen LogP) is 3.10. The first-order valence-corrected chi connectivity index (χ1v) is 6.72. The molecule has 20 heavy (non-hydrogen) atoms. The van der Waals surface area contributed by atoms with Gasteiger partial charge in [0.25, 0.3) is 0 Å². The van der Waals surface area contributed by atoms with E-state index in [9.17, 15) is 18.3 Å². The van der Waals surface area contributed by atoms with Gasteiger partial charge in [-0.15, -0.1) is 0 Å². The maximum Gasteiger partial charge on any atom is 0.433 e. The Bertz CT molecular complexity index is 495. The summed E-state index contributed by atoms with van der Waals surface area (Å²) >= 11 is 5.85. The maximum absolute atomic E-state index is 12.5. The zero-order chi connectivity index (χ0) is 15.0. The minimum Gasteiger partial charge on any atom is -0.394 e. The normalized spacial score (nSPS) is 24.3. The smallest absolute Gasteiger partial charge is 0.394 e. The standard InChI is InChI=1S/C13H16ClF3N2O/c1-12(8-20)5-2-6-19(12)7-9-3-4-10(13(15,16)17)18-11(9)14/h3-4,20H,2,5-8H2,1H3. The largest absolute Gasteiger partial charge is 0.433 e. The molecule has 1 saturated heterocycles. The molecule has 0 aromatic carbocycles. The van der Waals surface area contributed by atoms with Crippen LogP contribution in [0.25, 0.3) is 0 Å². The van der Waals surface area contributed by atoms with Crippen LogP contribution in [-0.2, 0) is 12.7 Å². The quantitative estimate of drug-likeness (QED) is 0.872. The molecule has 1 aliphatic heterocycles. The summed E-state index contributed by atoms with van der Waals surface area (Å²) in [5.41, 5.74) is -0.787. The van der Waals surface area contributed by atoms with Crippen LogP contribution in [0.4, 0.5) is 13.2 Å². The first-order valence-electron chi connectivity index (χ1n) is 6.35. The molecule has 1 aromatic heterocycles. The zero-order valence-electron chi connectivity index (χ0n) is 11.0. The van der Waals surface area contributed by atoms with Gasteiger partial charge in [0, 0.05) is 17.6 Å². The molecule has 0 saturated carbocycles. The van der Waals surface area contributed by atoms with Crippen molar-refractivity contribution in [2.24, 2.45) is 0 Å². The number of aliphatic hydroxyl groups is 1. The van der Waals surface area contributed by atoms with E-state index in [0.717, 1.165) is 25.5 Å². The summed E-state index contributed by atoms with van der Waals surface area (Å²) in [7, 11) is 0. The van der Waals surface area contributed by atoms with Crippen LogP contribution in [0, 0.1) is 0 Å². The Hall–Kier alpha value is -0.850. The molecule has 1 N–H and O–H groups in total. The second-order valence-electron chi connectivity index (χ2n) is 5.32. The van der Waals surface area contributed by atoms with E-state index in [1.807, 2.05) is 11.8 Å². The average molecular weight is 309 g/mol. The Kier molecular flexibility index (Phi) is 4.27. The van der Waals surface area contributed by atoms with E-state index in [4.69, 9.17) is 11.6 Å². The molecule has 1 fully saturated rings. The maximum atomic E-state index is 12.5. The van der Waals surface area contributed by atoms with Gasteiger partial charge in [-0.25, -0.2) is 4.98 Å². The van der Waals surface area contributed by atoms with Gasteiger partial charge in [0.15, 0.2) is 0 Å². The Balaban J connectivity index is 2.19. The lowest BCUT2D eigenvalue weighted by Crippen LogP contribution is -2.43. The highest BCUT2D eigenvalue weighted by molar-refractivity contribution is 6.30. The molecule has 0 radical (unpaired) electrons. The molecule has 1 unspecified atom stereocenters. The number of likely N-dealkylation sites (tertiary alicyclic amines) is 1. The molecular formula is C13H16ClF3N2O. The molecule has 0 bridgehead atoms. The van der Waals surface area contributed by atoms with Crippen molar-refractivity contribution in [1.82, 2.24) is 9.88 Å². The molecule has 112 valence electrons. The summed E-state index contributed by atoms with van der Waals surface area (Å²) < 4.78 is 37.6. The Morgan fingerprint density at radius 3 is 2.70 bits per heavy atom. The Morgan fingerprint density at radius 1 is 1.45 bits per heavy atom. The molecule has 3 nitrogen and oxygen atoms in total. The van der Waals surface area contributed by atoms with Gasteiger partial charge in [-0.2, -0.15) is 13.2 Å². The van der Waals surface area contributed by atoms with Crippen molar-refractivity contribution in [2.45, 2.75) is 38.0 Å². The van der Waals surface area contributed by atoms with Gasteiger partial charge in [-0.3, -0.25) is 4.90 Å². The van der Waals surface area contributed by atoms with Gasteiger partial charge in [0.1, 0.15) is 10.8 Å². The van der Waals surface area contributed by atoms with E-state index in [-0.39, 0.29) is 17.3 Å². The third-order valence-electron chi connectivity index (χ3n) is 3.83. The lowest BCUT2D eigenvalue weighted by Gasteiger charge is -2.33. The van der Waals surface area contributed by atoms with Crippen LogP contribution >= 0.6 is 11.6 Å². The molecule has 1 aromatic rings. The Labute approximate surface area is 120 Å². The molecule has 0 spiro atoms. The van der Waals surface area contributed by atoms with Crippen LogP contribution in [0.3, 0.4) is 0 Å². The summed E-state index contributed by atoms with van der Waals surface area (Å²) in [6.45, 7) is 3.12. The number of rotatable bonds is 3. The van der Waals surface area contributed by atoms with E-state index in [0.29, 0.717) is 12.1 Å². The second-order valence-corrected chi connectivity index (χ2v) is 5.68. The summed E-state index contributed by atoms with van der Waals surface area (Å²) in [6.07, 6.45) is -2.69. The zero-order valence-corrected chi connectivity index (χ0v) is 11.8. The predicted molar refractivity (Wildman–Crippen MR) is 69.4 cm³/mol. The van der Waals surface area contributed by atoms with Gasteiger partial charge < -0.3 is 5.11 Å². The number of pyridine rings is 1. The topological polar surface area (TPSA) is 36.4 Å². The number of hydrogen-bond acceptors (Lipinski definition) is 3. The minimum absolute atomic E-state index is 0.0126. The van der Waals surface area contributed by atoms with Gasteiger partial charge in [0.05, 0.1) is 6.61 Å². The summed E-state index contributed by atoms with van der Waals surface area (Å²) in [4.78, 5) is 5.44. The lowest BCUT2D eigenvalue weighted by atomic mass is 10.00. The number of hydrogen-bond donors (Lipinski definition) is 1. The van der Waals surface area contributed by atoms with Gasteiger partial charge in [-0.05, 0) is 32.4 Å². The molecule has 2 heterocycles. The molecule has 7 heteroatoms. The molecule has 2 rings (SSSR count). The fraction of sp³-hybridized carbons (Fsp3) is 0.615. The van der Waals surface area contributed by atoms with Gasteiger partial charge in [0.2, 0.25) is 0 Å². The minimum atomic E-state index is -4.49. The van der Waals surface area contributed by atoms with Crippen molar-refractivity contribution in [1.29, 1.82) is 0 Å². The van der Waals surface area contributed by atoms with Crippen molar-refractivity contribution in [3.8, 4) is 0 Å². The first kappa shape index (κ1) is 15.5. The highest BCUT2D eigenvalue weighted by Gasteiger charge is 2.37. The van der Waals surface area contributed by atoms with Crippen LogP contribution in [-0.4, -0.2) is 33.7 Å². The SMILES string of the molecule is CC1(CO)CCCN1Cc1ccc(C(F)(F)F)nc1Cl. The molecule has 0 aliphatic carbocycles. The number of nitrogens with zero attached hydrogens (tertiary/aromatic N) is 2. The van der Waals surface area contributed by atoms with E-state index in [1.54, 1.807) is 0 Å². The number of halogens is 4. The average Bonchev–Trinajstić information content (AvgIpc) is 2.73. The molecule has 1 atom stereocenters. The van der Waals surface area contributed by atoms with Crippen molar-refractivity contribution in [3.63, 3.8) is 0 Å². The third kappa shape index (κ3) is 3.07. The van der Waals surface area contributed by atoms with E-state index < -0.39 is 11.9 Å².